The Morgan fingerprint density at radius 2 is 1.94 bits per heavy atom. The van der Waals surface area contributed by atoms with E-state index < -0.39 is 23.8 Å². The molecule has 0 unspecified atom stereocenters. The lowest BCUT2D eigenvalue weighted by Gasteiger charge is -2.32. The minimum absolute atomic E-state index is 0.0415. The first kappa shape index (κ1) is 24.6. The topological polar surface area (TPSA) is 126 Å². The van der Waals surface area contributed by atoms with Crippen LogP contribution in [0.4, 0.5) is 10.2 Å². The van der Waals surface area contributed by atoms with Gasteiger partial charge in [-0.2, -0.15) is 9.49 Å². The fraction of sp³-hybridized carbons (Fsp3) is 0.480. The van der Waals surface area contributed by atoms with E-state index in [0.29, 0.717) is 34.9 Å². The molecule has 35 heavy (non-hydrogen) atoms. The molecule has 1 atom stereocenters. The van der Waals surface area contributed by atoms with Gasteiger partial charge in [-0.15, -0.1) is 0 Å². The molecule has 1 fully saturated rings. The van der Waals surface area contributed by atoms with Gasteiger partial charge < -0.3 is 15.2 Å². The number of carbonyl (C=O) groups is 2. The van der Waals surface area contributed by atoms with Crippen LogP contribution in [0, 0.1) is 31.6 Å². The highest BCUT2D eigenvalue weighted by atomic mass is 19.1. The van der Waals surface area contributed by atoms with Gasteiger partial charge in [0.05, 0.1) is 11.4 Å². The van der Waals surface area contributed by atoms with Gasteiger partial charge in [-0.1, -0.05) is 31.8 Å². The van der Waals surface area contributed by atoms with Gasteiger partial charge >= 0.3 is 0 Å². The second-order valence-corrected chi connectivity index (χ2v) is 9.32. The predicted molar refractivity (Wildman–Crippen MR) is 128 cm³/mol. The van der Waals surface area contributed by atoms with E-state index in [0.717, 1.165) is 31.4 Å². The van der Waals surface area contributed by atoms with Crippen LogP contribution in [0.5, 0.6) is 0 Å². The number of aromatic nitrogens is 4. The number of halogens is 1. The molecule has 1 saturated carbocycles. The molecular weight excluding hydrogens is 451 g/mol. The van der Waals surface area contributed by atoms with Crippen molar-refractivity contribution in [3.63, 3.8) is 0 Å². The maximum atomic E-state index is 15.0. The molecule has 0 aromatic carbocycles. The van der Waals surface area contributed by atoms with Crippen molar-refractivity contribution in [1.29, 1.82) is 0 Å². The zero-order chi connectivity index (χ0) is 25.1. The van der Waals surface area contributed by atoms with Gasteiger partial charge in [-0.3, -0.25) is 14.7 Å². The lowest BCUT2D eigenvalue weighted by molar-refractivity contribution is -0.119. The van der Waals surface area contributed by atoms with Crippen molar-refractivity contribution >= 4 is 17.6 Å². The Morgan fingerprint density at radius 1 is 1.20 bits per heavy atom. The molecule has 3 aromatic rings. The zero-order valence-corrected chi connectivity index (χ0v) is 20.4. The number of aromatic amines is 1. The highest BCUT2D eigenvalue weighted by Gasteiger charge is 2.33. The summed E-state index contributed by atoms with van der Waals surface area (Å²) in [5.74, 6) is -0.942. The van der Waals surface area contributed by atoms with Crippen LogP contribution in [-0.4, -0.2) is 38.2 Å². The third kappa shape index (κ3) is 5.26. The summed E-state index contributed by atoms with van der Waals surface area (Å²) < 4.78 is 19.9. The molecule has 1 aliphatic carbocycles. The molecule has 0 saturated heterocycles. The Hall–Kier alpha value is -3.56. The van der Waals surface area contributed by atoms with Crippen molar-refractivity contribution in [2.45, 2.75) is 65.8 Å². The van der Waals surface area contributed by atoms with Crippen molar-refractivity contribution < 1.29 is 18.5 Å². The molecule has 0 spiro atoms. The number of nitrogens with zero attached hydrogens (tertiary/aromatic N) is 3. The first-order chi connectivity index (χ1) is 16.8. The Kier molecular flexibility index (Phi) is 7.28. The first-order valence-electron chi connectivity index (χ1n) is 12.0. The maximum absolute atomic E-state index is 15.0. The lowest BCUT2D eigenvalue weighted by Crippen LogP contribution is -2.49. The van der Waals surface area contributed by atoms with Crippen LogP contribution < -0.4 is 10.6 Å². The monoisotopic (exact) mass is 482 g/mol. The number of H-pyrrole nitrogens is 1. The quantitative estimate of drug-likeness (QED) is 0.430. The van der Waals surface area contributed by atoms with E-state index in [-0.39, 0.29) is 17.3 Å². The van der Waals surface area contributed by atoms with E-state index in [4.69, 9.17) is 4.52 Å². The van der Waals surface area contributed by atoms with Gasteiger partial charge in [0.1, 0.15) is 23.7 Å². The number of hydrogen-bond donors (Lipinski definition) is 3. The molecule has 10 heteroatoms. The number of anilines is 1. The summed E-state index contributed by atoms with van der Waals surface area (Å²) in [6, 6.07) is 2.36. The molecule has 186 valence electrons. The largest absolute Gasteiger partial charge is 0.364 e. The Balaban J connectivity index is 1.55. The average Bonchev–Trinajstić information content (AvgIpc) is 3.43. The predicted octanol–water partition coefficient (Wildman–Crippen LogP) is 4.34. The number of aryl methyl sites for hydroxylation is 3. The number of hydrogen-bond acceptors (Lipinski definition) is 6. The van der Waals surface area contributed by atoms with Crippen LogP contribution in [0.25, 0.3) is 11.1 Å². The molecule has 0 bridgehead atoms. The van der Waals surface area contributed by atoms with Crippen molar-refractivity contribution in [2.75, 3.05) is 5.32 Å². The first-order valence-corrected chi connectivity index (χ1v) is 12.0. The van der Waals surface area contributed by atoms with Crippen LogP contribution in [0.15, 0.2) is 22.9 Å². The summed E-state index contributed by atoms with van der Waals surface area (Å²) in [5, 5.41) is 16.4. The molecule has 4 rings (SSSR count). The van der Waals surface area contributed by atoms with Crippen molar-refractivity contribution in [3.05, 3.63) is 47.0 Å². The van der Waals surface area contributed by atoms with Gasteiger partial charge in [0.2, 0.25) is 11.9 Å². The fourth-order valence-electron chi connectivity index (χ4n) is 4.74. The third-order valence-corrected chi connectivity index (χ3v) is 6.84. The minimum Gasteiger partial charge on any atom is -0.364 e. The number of nitrogens with one attached hydrogen (secondary N) is 3. The van der Waals surface area contributed by atoms with Crippen LogP contribution in [0.2, 0.25) is 0 Å². The van der Waals surface area contributed by atoms with E-state index in [2.05, 4.69) is 37.9 Å². The molecule has 2 amide bonds. The van der Waals surface area contributed by atoms with Crippen LogP contribution in [-0.2, 0) is 11.2 Å². The summed E-state index contributed by atoms with van der Waals surface area (Å²) >= 11 is 0. The van der Waals surface area contributed by atoms with Crippen molar-refractivity contribution in [3.8, 4) is 11.1 Å². The second kappa shape index (κ2) is 10.4. The third-order valence-electron chi connectivity index (χ3n) is 6.84. The fourth-order valence-corrected chi connectivity index (χ4v) is 4.74. The molecular formula is C25H31FN6O3. The Bertz CT molecular complexity index is 1210. The minimum atomic E-state index is -0.795. The van der Waals surface area contributed by atoms with E-state index in [9.17, 15) is 9.59 Å². The second-order valence-electron chi connectivity index (χ2n) is 9.32. The molecule has 3 N–H and O–H groups in total. The summed E-state index contributed by atoms with van der Waals surface area (Å²) in [4.78, 5) is 30.2. The normalized spacial score (nSPS) is 18.8. The molecule has 3 aromatic heterocycles. The summed E-state index contributed by atoms with van der Waals surface area (Å²) in [5.41, 5.74) is 3.22. The maximum Gasteiger partial charge on any atom is 0.257 e. The molecule has 1 aliphatic rings. The zero-order valence-electron chi connectivity index (χ0n) is 20.4. The SMILES string of the molecule is CCc1[nH]nc(C)c1-c1ccc(NC(=O)[C@@H](NC(=O)c2conc2C)[C@H]2CC[C@H](C)CC2)nc1F. The van der Waals surface area contributed by atoms with Crippen LogP contribution >= 0.6 is 0 Å². The number of rotatable bonds is 7. The van der Waals surface area contributed by atoms with E-state index in [1.165, 1.54) is 6.26 Å². The lowest BCUT2D eigenvalue weighted by atomic mass is 9.79. The highest BCUT2D eigenvalue weighted by molar-refractivity contribution is 6.01. The van der Waals surface area contributed by atoms with E-state index in [1.54, 1.807) is 26.0 Å². The van der Waals surface area contributed by atoms with Gasteiger partial charge in [0.25, 0.3) is 5.91 Å². The van der Waals surface area contributed by atoms with Gasteiger partial charge in [0.15, 0.2) is 0 Å². The molecule has 3 heterocycles. The van der Waals surface area contributed by atoms with Crippen molar-refractivity contribution in [2.24, 2.45) is 11.8 Å². The van der Waals surface area contributed by atoms with Gasteiger partial charge in [-0.25, -0.2) is 4.98 Å². The Morgan fingerprint density at radius 3 is 2.57 bits per heavy atom. The van der Waals surface area contributed by atoms with Crippen molar-refractivity contribution in [1.82, 2.24) is 25.7 Å². The summed E-state index contributed by atoms with van der Waals surface area (Å²) in [7, 11) is 0. The standard InChI is InChI=1S/C25H31FN6O3/c1-5-19-21(15(4)30-31-19)17-10-11-20(27-23(17)26)28-25(34)22(16-8-6-13(2)7-9-16)29-24(33)18-12-35-32-14(18)3/h10-13,16,22H,5-9H2,1-4H3,(H,29,33)(H,30,31)(H,27,28,34)/t13-,16-,22-/m0/s1. The molecule has 9 nitrogen and oxygen atoms in total. The summed E-state index contributed by atoms with van der Waals surface area (Å²) in [6.07, 6.45) is 5.50. The van der Waals surface area contributed by atoms with E-state index in [1.807, 2.05) is 6.92 Å². The number of carbonyl (C=O) groups excluding carboxylic acids is 2. The molecule has 0 aliphatic heterocycles. The summed E-state index contributed by atoms with van der Waals surface area (Å²) in [6.45, 7) is 7.60. The van der Waals surface area contributed by atoms with E-state index >= 15 is 4.39 Å². The van der Waals surface area contributed by atoms with Gasteiger partial charge in [0, 0.05) is 16.8 Å². The smallest absolute Gasteiger partial charge is 0.257 e. The van der Waals surface area contributed by atoms with Crippen LogP contribution in [0.1, 0.15) is 67.0 Å². The number of amides is 2. The molecule has 0 radical (unpaired) electrons. The average molecular weight is 483 g/mol. The number of pyridine rings is 1. The van der Waals surface area contributed by atoms with Crippen LogP contribution in [0.3, 0.4) is 0 Å². The van der Waals surface area contributed by atoms with Gasteiger partial charge in [-0.05, 0) is 57.1 Å². The highest BCUT2D eigenvalue weighted by Crippen LogP contribution is 2.32. The Labute approximate surface area is 203 Å².